The van der Waals surface area contributed by atoms with Crippen LogP contribution in [-0.4, -0.2) is 50.6 Å². The topological polar surface area (TPSA) is 86.7 Å². The number of thiophene rings is 1. The Balaban J connectivity index is 1.96. The highest BCUT2D eigenvalue weighted by atomic mass is 32.2. The van der Waals surface area contributed by atoms with Gasteiger partial charge in [-0.1, -0.05) is 6.42 Å². The summed E-state index contributed by atoms with van der Waals surface area (Å²) in [5.41, 5.74) is 0. The largest absolute Gasteiger partial charge is 0.477 e. The molecule has 0 bridgehead atoms. The molecule has 8 heteroatoms. The van der Waals surface area contributed by atoms with E-state index in [1.54, 1.807) is 6.92 Å². The average Bonchev–Trinajstić information content (AvgIpc) is 2.83. The van der Waals surface area contributed by atoms with Crippen LogP contribution in [0.25, 0.3) is 0 Å². The molecule has 1 aliphatic heterocycles. The molecule has 1 aliphatic rings. The number of hydrogen-bond donors (Lipinski definition) is 2. The van der Waals surface area contributed by atoms with Gasteiger partial charge in [0.05, 0.1) is 4.90 Å². The van der Waals surface area contributed by atoms with Gasteiger partial charge in [-0.25, -0.2) is 17.9 Å². The molecule has 21 heavy (non-hydrogen) atoms. The number of aromatic carboxylic acids is 1. The minimum Gasteiger partial charge on any atom is -0.477 e. The number of carbonyl (C=O) groups is 1. The van der Waals surface area contributed by atoms with E-state index in [4.69, 9.17) is 5.11 Å². The van der Waals surface area contributed by atoms with E-state index in [1.165, 1.54) is 25.3 Å². The normalized spacial score (nSPS) is 17.0. The van der Waals surface area contributed by atoms with Gasteiger partial charge >= 0.3 is 5.97 Å². The first-order chi connectivity index (χ1) is 9.90. The smallest absolute Gasteiger partial charge is 0.345 e. The number of piperidine rings is 1. The second-order valence-electron chi connectivity index (χ2n) is 5.14. The Morgan fingerprint density at radius 1 is 1.38 bits per heavy atom. The van der Waals surface area contributed by atoms with Crippen molar-refractivity contribution in [1.29, 1.82) is 0 Å². The van der Waals surface area contributed by atoms with Crippen molar-refractivity contribution < 1.29 is 18.3 Å². The number of carboxylic acids is 1. The van der Waals surface area contributed by atoms with Crippen LogP contribution in [0.5, 0.6) is 0 Å². The standard InChI is InChI=1S/C13H20N2O4S2/c1-10-12(9-11(20-10)13(16)17)21(18,19)14-5-8-15-6-3-2-4-7-15/h9,14H,2-8H2,1H3,(H,16,17). The first-order valence-electron chi connectivity index (χ1n) is 6.96. The minimum absolute atomic E-state index is 0.0453. The van der Waals surface area contributed by atoms with E-state index >= 15 is 0 Å². The van der Waals surface area contributed by atoms with Gasteiger partial charge in [0, 0.05) is 18.0 Å². The molecular weight excluding hydrogens is 312 g/mol. The number of sulfonamides is 1. The molecule has 1 aromatic heterocycles. The average molecular weight is 332 g/mol. The summed E-state index contributed by atoms with van der Waals surface area (Å²) in [6.07, 6.45) is 3.57. The van der Waals surface area contributed by atoms with Crippen molar-refractivity contribution in [2.75, 3.05) is 26.2 Å². The van der Waals surface area contributed by atoms with Crippen LogP contribution in [-0.2, 0) is 10.0 Å². The molecule has 0 spiro atoms. The quantitative estimate of drug-likeness (QED) is 0.825. The van der Waals surface area contributed by atoms with Gasteiger partial charge in [0.1, 0.15) is 4.88 Å². The predicted octanol–water partition coefficient (Wildman–Crippen LogP) is 1.52. The van der Waals surface area contributed by atoms with Crippen molar-refractivity contribution in [1.82, 2.24) is 9.62 Å². The summed E-state index contributed by atoms with van der Waals surface area (Å²) >= 11 is 0.982. The van der Waals surface area contributed by atoms with Crippen LogP contribution in [0, 0.1) is 6.92 Å². The third-order valence-electron chi connectivity index (χ3n) is 3.54. The van der Waals surface area contributed by atoms with Gasteiger partial charge < -0.3 is 10.0 Å². The second-order valence-corrected chi connectivity index (χ2v) is 8.13. The maximum atomic E-state index is 12.2. The van der Waals surface area contributed by atoms with Gasteiger partial charge in [0.15, 0.2) is 0 Å². The number of nitrogens with one attached hydrogen (secondary N) is 1. The Labute approximate surface area is 128 Å². The lowest BCUT2D eigenvalue weighted by molar-refractivity contribution is 0.0702. The molecule has 0 radical (unpaired) electrons. The van der Waals surface area contributed by atoms with Gasteiger partial charge in [-0.3, -0.25) is 0 Å². The maximum absolute atomic E-state index is 12.2. The van der Waals surface area contributed by atoms with Crippen molar-refractivity contribution in [2.24, 2.45) is 0 Å². The molecule has 1 aromatic rings. The van der Waals surface area contributed by atoms with Crippen molar-refractivity contribution >= 4 is 27.3 Å². The maximum Gasteiger partial charge on any atom is 0.345 e. The van der Waals surface area contributed by atoms with E-state index in [1.807, 2.05) is 0 Å². The predicted molar refractivity (Wildman–Crippen MR) is 81.5 cm³/mol. The summed E-state index contributed by atoms with van der Waals surface area (Å²) < 4.78 is 27.0. The number of likely N-dealkylation sites (tertiary alicyclic amines) is 1. The molecule has 0 aromatic carbocycles. The third kappa shape index (κ3) is 4.26. The summed E-state index contributed by atoms with van der Waals surface area (Å²) in [5, 5.41) is 8.92. The van der Waals surface area contributed by atoms with Gasteiger partial charge in [-0.15, -0.1) is 11.3 Å². The van der Waals surface area contributed by atoms with Gasteiger partial charge in [-0.2, -0.15) is 0 Å². The zero-order chi connectivity index (χ0) is 15.5. The zero-order valence-corrected chi connectivity index (χ0v) is 13.6. The SMILES string of the molecule is Cc1sc(C(=O)O)cc1S(=O)(=O)NCCN1CCCCC1. The molecule has 2 rings (SSSR count). The minimum atomic E-state index is -3.63. The highest BCUT2D eigenvalue weighted by molar-refractivity contribution is 7.89. The van der Waals surface area contributed by atoms with Crippen molar-refractivity contribution in [2.45, 2.75) is 31.1 Å². The summed E-state index contributed by atoms with van der Waals surface area (Å²) in [5.74, 6) is -1.10. The molecule has 0 saturated carbocycles. The van der Waals surface area contributed by atoms with Crippen LogP contribution in [0.4, 0.5) is 0 Å². The van der Waals surface area contributed by atoms with Crippen molar-refractivity contribution in [3.63, 3.8) is 0 Å². The van der Waals surface area contributed by atoms with E-state index in [9.17, 15) is 13.2 Å². The van der Waals surface area contributed by atoms with Crippen LogP contribution in [0.3, 0.4) is 0 Å². The lowest BCUT2D eigenvalue weighted by atomic mass is 10.1. The monoisotopic (exact) mass is 332 g/mol. The van der Waals surface area contributed by atoms with Crippen LogP contribution in [0.2, 0.25) is 0 Å². The highest BCUT2D eigenvalue weighted by Gasteiger charge is 2.22. The molecule has 0 amide bonds. The van der Waals surface area contributed by atoms with Crippen LogP contribution in [0.15, 0.2) is 11.0 Å². The fraction of sp³-hybridized carbons (Fsp3) is 0.615. The number of nitrogens with zero attached hydrogens (tertiary/aromatic N) is 1. The van der Waals surface area contributed by atoms with E-state index in [0.717, 1.165) is 24.4 Å². The molecule has 2 N–H and O–H groups in total. The molecule has 0 atom stereocenters. The fourth-order valence-electron chi connectivity index (χ4n) is 2.44. The molecule has 6 nitrogen and oxygen atoms in total. The molecule has 2 heterocycles. The third-order valence-corrected chi connectivity index (χ3v) is 6.30. The Kier molecular flexibility index (Phi) is 5.37. The Morgan fingerprint density at radius 2 is 2.05 bits per heavy atom. The lowest BCUT2D eigenvalue weighted by Gasteiger charge is -2.26. The summed E-state index contributed by atoms with van der Waals surface area (Å²) in [6.45, 7) is 4.69. The molecule has 0 unspecified atom stereocenters. The summed E-state index contributed by atoms with van der Waals surface area (Å²) in [6, 6.07) is 1.23. The van der Waals surface area contributed by atoms with Gasteiger partial charge in [0.25, 0.3) is 0 Å². The second kappa shape index (κ2) is 6.87. The van der Waals surface area contributed by atoms with Crippen LogP contribution < -0.4 is 4.72 Å². The van der Waals surface area contributed by atoms with E-state index in [-0.39, 0.29) is 9.77 Å². The first kappa shape index (κ1) is 16.4. The Hall–Kier alpha value is -0.960. The fourth-order valence-corrected chi connectivity index (χ4v) is 4.89. The van der Waals surface area contributed by atoms with Gasteiger partial charge in [0.2, 0.25) is 10.0 Å². The molecule has 0 aliphatic carbocycles. The van der Waals surface area contributed by atoms with Crippen molar-refractivity contribution in [3.05, 3.63) is 15.8 Å². The van der Waals surface area contributed by atoms with E-state index < -0.39 is 16.0 Å². The molecular formula is C13H20N2O4S2. The number of hydrogen-bond acceptors (Lipinski definition) is 5. The summed E-state index contributed by atoms with van der Waals surface area (Å²) in [7, 11) is -3.63. The Morgan fingerprint density at radius 3 is 2.62 bits per heavy atom. The summed E-state index contributed by atoms with van der Waals surface area (Å²) in [4.78, 5) is 13.8. The van der Waals surface area contributed by atoms with E-state index in [0.29, 0.717) is 18.0 Å². The molecule has 1 fully saturated rings. The van der Waals surface area contributed by atoms with Crippen LogP contribution in [0.1, 0.15) is 33.8 Å². The number of carboxylic acid groups (broad SMARTS) is 1. The highest BCUT2D eigenvalue weighted by Crippen LogP contribution is 2.25. The van der Waals surface area contributed by atoms with Gasteiger partial charge in [-0.05, 0) is 38.9 Å². The van der Waals surface area contributed by atoms with Crippen molar-refractivity contribution in [3.8, 4) is 0 Å². The first-order valence-corrected chi connectivity index (χ1v) is 9.26. The van der Waals surface area contributed by atoms with Crippen LogP contribution >= 0.6 is 11.3 Å². The van der Waals surface area contributed by atoms with E-state index in [2.05, 4.69) is 9.62 Å². The Bertz CT molecular complexity index is 604. The lowest BCUT2D eigenvalue weighted by Crippen LogP contribution is -2.37. The zero-order valence-electron chi connectivity index (χ0n) is 12.0. The molecule has 1 saturated heterocycles. The number of aryl methyl sites for hydroxylation is 1. The molecule has 118 valence electrons. The number of rotatable bonds is 6.